The number of rotatable bonds is 3. The summed E-state index contributed by atoms with van der Waals surface area (Å²) in [6.07, 6.45) is 2.84. The number of primary sulfonamides is 1. The summed E-state index contributed by atoms with van der Waals surface area (Å²) in [7, 11) is -3.79. The Labute approximate surface area is 154 Å². The maximum atomic E-state index is 12.8. The summed E-state index contributed by atoms with van der Waals surface area (Å²) in [5.41, 5.74) is 2.03. The van der Waals surface area contributed by atoms with Crippen molar-refractivity contribution in [2.45, 2.75) is 23.9 Å². The molecule has 4 rings (SSSR count). The van der Waals surface area contributed by atoms with Gasteiger partial charge in [-0.1, -0.05) is 30.4 Å². The van der Waals surface area contributed by atoms with Crippen molar-refractivity contribution in [3.8, 4) is 0 Å². The van der Waals surface area contributed by atoms with E-state index in [1.165, 1.54) is 24.4 Å². The first-order valence-electron chi connectivity index (χ1n) is 8.20. The fourth-order valence-electron chi connectivity index (χ4n) is 3.23. The van der Waals surface area contributed by atoms with Gasteiger partial charge in [-0.15, -0.1) is 0 Å². The molecule has 0 unspecified atom stereocenters. The Kier molecular flexibility index (Phi) is 3.83. The van der Waals surface area contributed by atoms with Crippen LogP contribution in [0.3, 0.4) is 0 Å². The molecule has 8 heteroatoms. The van der Waals surface area contributed by atoms with Crippen LogP contribution in [-0.4, -0.2) is 13.4 Å². The lowest BCUT2D eigenvalue weighted by Crippen LogP contribution is -2.11. The number of alkyl halides is 3. The Hall–Kier alpha value is -2.45. The van der Waals surface area contributed by atoms with Crippen molar-refractivity contribution in [2.75, 3.05) is 0 Å². The van der Waals surface area contributed by atoms with E-state index in [2.05, 4.69) is 17.1 Å². The molecule has 1 aromatic heterocycles. The van der Waals surface area contributed by atoms with Gasteiger partial charge in [-0.2, -0.15) is 13.2 Å². The van der Waals surface area contributed by atoms with Crippen molar-refractivity contribution in [1.29, 1.82) is 0 Å². The van der Waals surface area contributed by atoms with Gasteiger partial charge in [-0.3, -0.25) is 4.98 Å². The number of benzene rings is 1. The van der Waals surface area contributed by atoms with Gasteiger partial charge in [-0.05, 0) is 47.8 Å². The zero-order valence-electron chi connectivity index (χ0n) is 14.0. The van der Waals surface area contributed by atoms with Gasteiger partial charge in [0.2, 0.25) is 10.0 Å². The molecule has 2 aromatic rings. The van der Waals surface area contributed by atoms with Gasteiger partial charge < -0.3 is 0 Å². The lowest BCUT2D eigenvalue weighted by Gasteiger charge is -2.11. The van der Waals surface area contributed by atoms with E-state index in [0.29, 0.717) is 5.56 Å². The number of halogens is 3. The molecule has 0 saturated heterocycles. The molecule has 1 heterocycles. The quantitative estimate of drug-likeness (QED) is 0.858. The highest BCUT2D eigenvalue weighted by atomic mass is 32.2. The van der Waals surface area contributed by atoms with E-state index in [-0.39, 0.29) is 10.3 Å². The first-order chi connectivity index (χ1) is 12.6. The molecule has 0 bridgehead atoms. The van der Waals surface area contributed by atoms with E-state index >= 15 is 0 Å². The molecular formula is C19H15F3N2O2S. The van der Waals surface area contributed by atoms with Crippen LogP contribution >= 0.6 is 0 Å². The summed E-state index contributed by atoms with van der Waals surface area (Å²) < 4.78 is 61.1. The third kappa shape index (κ3) is 3.42. The fraction of sp³-hybridized carbons (Fsp3) is 0.211. The zero-order valence-corrected chi connectivity index (χ0v) is 14.8. The van der Waals surface area contributed by atoms with Crippen molar-refractivity contribution in [3.63, 3.8) is 0 Å². The Bertz CT molecular complexity index is 1060. The molecule has 1 saturated carbocycles. The predicted molar refractivity (Wildman–Crippen MR) is 94.7 cm³/mol. The molecule has 0 amide bonds. The van der Waals surface area contributed by atoms with Gasteiger partial charge in [0, 0.05) is 17.2 Å². The van der Waals surface area contributed by atoms with Crippen LogP contribution in [0.2, 0.25) is 0 Å². The third-order valence-electron chi connectivity index (χ3n) is 4.84. The highest BCUT2D eigenvalue weighted by Gasteiger charge is 2.43. The van der Waals surface area contributed by atoms with Gasteiger partial charge in [0.05, 0.1) is 4.90 Å². The summed E-state index contributed by atoms with van der Waals surface area (Å²) in [5, 5.41) is 5.13. The van der Waals surface area contributed by atoms with Crippen LogP contribution in [0.5, 0.6) is 0 Å². The minimum Gasteiger partial charge on any atom is -0.251 e. The first kappa shape index (κ1) is 17.9. The number of hydrogen-bond donors (Lipinski definition) is 1. The minimum atomic E-state index is -4.48. The van der Waals surface area contributed by atoms with Crippen LogP contribution in [0, 0.1) is 5.41 Å². The standard InChI is InChI=1S/C19H15F3N2O2S/c20-19(21,22)17-6-3-13(11-24-17)16-10-18(7-8-18)9-15(16)12-1-4-14(5-2-12)27(23,25)26/h1-6,9-11H,7-8H2,(H2,23,25,26). The molecule has 0 radical (unpaired) electrons. The molecule has 27 heavy (non-hydrogen) atoms. The second-order valence-corrected chi connectivity index (χ2v) is 8.41. The Morgan fingerprint density at radius 1 is 0.926 bits per heavy atom. The molecule has 4 nitrogen and oxygen atoms in total. The summed E-state index contributed by atoms with van der Waals surface area (Å²) in [4.78, 5) is 3.56. The maximum Gasteiger partial charge on any atom is 0.433 e. The highest BCUT2D eigenvalue weighted by Crippen LogP contribution is 2.57. The van der Waals surface area contributed by atoms with Crippen molar-refractivity contribution < 1.29 is 21.6 Å². The zero-order chi connectivity index (χ0) is 19.4. The van der Waals surface area contributed by atoms with E-state index < -0.39 is 21.9 Å². The Morgan fingerprint density at radius 3 is 1.93 bits per heavy atom. The smallest absolute Gasteiger partial charge is 0.251 e. The van der Waals surface area contributed by atoms with Crippen molar-refractivity contribution in [1.82, 2.24) is 4.98 Å². The number of nitrogens with zero attached hydrogens (tertiary/aromatic N) is 1. The number of aromatic nitrogens is 1. The molecule has 140 valence electrons. The number of nitrogens with two attached hydrogens (primary N) is 1. The fourth-order valence-corrected chi connectivity index (χ4v) is 3.74. The third-order valence-corrected chi connectivity index (χ3v) is 5.77. The molecular weight excluding hydrogens is 377 g/mol. The van der Waals surface area contributed by atoms with Crippen molar-refractivity contribution in [3.05, 3.63) is 71.6 Å². The van der Waals surface area contributed by atoms with E-state index in [9.17, 15) is 21.6 Å². The van der Waals surface area contributed by atoms with Crippen LogP contribution in [-0.2, 0) is 16.2 Å². The Morgan fingerprint density at radius 2 is 1.48 bits per heavy atom. The van der Waals surface area contributed by atoms with E-state index in [4.69, 9.17) is 5.14 Å². The van der Waals surface area contributed by atoms with Gasteiger partial charge in [0.25, 0.3) is 0 Å². The average molecular weight is 392 g/mol. The van der Waals surface area contributed by atoms with Crippen molar-refractivity contribution in [2.24, 2.45) is 10.6 Å². The lowest BCUT2D eigenvalue weighted by atomic mass is 9.96. The van der Waals surface area contributed by atoms with Gasteiger partial charge in [0.1, 0.15) is 5.69 Å². The van der Waals surface area contributed by atoms with Gasteiger partial charge >= 0.3 is 6.18 Å². The summed E-state index contributed by atoms with van der Waals surface area (Å²) in [5.74, 6) is 0. The number of pyridine rings is 1. The molecule has 1 aromatic carbocycles. The number of allylic oxidation sites excluding steroid dienone is 4. The van der Waals surface area contributed by atoms with Crippen LogP contribution < -0.4 is 5.14 Å². The SMILES string of the molecule is NS(=O)(=O)c1ccc(C2=CC3(C=C2c2ccc(C(F)(F)F)nc2)CC3)cc1. The highest BCUT2D eigenvalue weighted by molar-refractivity contribution is 7.89. The van der Waals surface area contributed by atoms with Gasteiger partial charge in [0.15, 0.2) is 0 Å². The monoisotopic (exact) mass is 392 g/mol. The summed E-state index contributed by atoms with van der Waals surface area (Å²) in [6.45, 7) is 0. The lowest BCUT2D eigenvalue weighted by molar-refractivity contribution is -0.141. The van der Waals surface area contributed by atoms with Crippen LogP contribution in [0.15, 0.2) is 59.6 Å². The van der Waals surface area contributed by atoms with E-state index in [0.717, 1.165) is 35.6 Å². The molecule has 0 aliphatic heterocycles. The molecule has 0 atom stereocenters. The molecule has 2 aliphatic carbocycles. The largest absolute Gasteiger partial charge is 0.433 e. The number of hydrogen-bond acceptors (Lipinski definition) is 3. The van der Waals surface area contributed by atoms with Crippen LogP contribution in [0.4, 0.5) is 13.2 Å². The van der Waals surface area contributed by atoms with Crippen LogP contribution in [0.25, 0.3) is 11.1 Å². The summed E-state index contributed by atoms with van der Waals surface area (Å²) >= 11 is 0. The normalized spacial score (nSPS) is 18.4. The van der Waals surface area contributed by atoms with Gasteiger partial charge in [-0.25, -0.2) is 13.6 Å². The molecule has 1 spiro atoms. The molecule has 2 N–H and O–H groups in total. The molecule has 1 fully saturated rings. The topological polar surface area (TPSA) is 73.1 Å². The first-order valence-corrected chi connectivity index (χ1v) is 9.75. The minimum absolute atomic E-state index is 0.00714. The molecule has 2 aliphatic rings. The average Bonchev–Trinajstić information content (AvgIpc) is 3.24. The van der Waals surface area contributed by atoms with E-state index in [1.54, 1.807) is 12.1 Å². The maximum absolute atomic E-state index is 12.8. The van der Waals surface area contributed by atoms with Crippen molar-refractivity contribution >= 4 is 21.2 Å². The predicted octanol–water partition coefficient (Wildman–Crippen LogP) is 4.01. The van der Waals surface area contributed by atoms with Crippen LogP contribution in [0.1, 0.15) is 29.7 Å². The second kappa shape index (κ2) is 5.77. The number of sulfonamides is 1. The summed E-state index contributed by atoms with van der Waals surface area (Å²) in [6, 6.07) is 8.53. The Balaban J connectivity index is 1.72. The second-order valence-electron chi connectivity index (χ2n) is 6.85. The van der Waals surface area contributed by atoms with E-state index in [1.807, 2.05) is 0 Å².